The molecule has 228 valence electrons. The van der Waals surface area contributed by atoms with Crippen molar-refractivity contribution in [1.29, 1.82) is 0 Å². The second kappa shape index (κ2) is 13.4. The zero-order valence-corrected chi connectivity index (χ0v) is 25.8. The lowest BCUT2D eigenvalue weighted by Gasteiger charge is -2.37. The van der Waals surface area contributed by atoms with Crippen molar-refractivity contribution in [1.82, 2.24) is 24.6 Å². The highest BCUT2D eigenvalue weighted by molar-refractivity contribution is 8.14. The van der Waals surface area contributed by atoms with E-state index < -0.39 is 0 Å². The molecular formula is C31H45N7O3S. The number of nitrogens with zero attached hydrogens (tertiary/aromatic N) is 7. The summed E-state index contributed by atoms with van der Waals surface area (Å²) in [6.07, 6.45) is 4.74. The number of piperazine rings is 1. The number of aromatic nitrogens is 1. The first-order valence-corrected chi connectivity index (χ1v) is 16.5. The molecule has 0 aliphatic carbocycles. The monoisotopic (exact) mass is 595 g/mol. The molecule has 4 aliphatic heterocycles. The van der Waals surface area contributed by atoms with Crippen LogP contribution < -0.4 is 9.64 Å². The van der Waals surface area contributed by atoms with Crippen LogP contribution in [0.2, 0.25) is 0 Å². The van der Waals surface area contributed by atoms with Gasteiger partial charge in [-0.2, -0.15) is 0 Å². The number of thioether (sulfide) groups is 1. The molecule has 2 aromatic rings. The number of carbonyl (C=O) groups excluding carboxylic acids is 1. The zero-order chi connectivity index (χ0) is 29.1. The Kier molecular flexibility index (Phi) is 9.38. The highest BCUT2D eigenvalue weighted by atomic mass is 32.2. The maximum absolute atomic E-state index is 13.7. The Hall–Kier alpha value is -2.60. The van der Waals surface area contributed by atoms with E-state index in [-0.39, 0.29) is 24.1 Å². The van der Waals surface area contributed by atoms with Gasteiger partial charge in [0.2, 0.25) is 5.91 Å². The maximum atomic E-state index is 13.7. The number of amidine groups is 1. The van der Waals surface area contributed by atoms with Crippen molar-refractivity contribution >= 4 is 39.4 Å². The number of hydrogen-bond acceptors (Lipinski definition) is 10. The van der Waals surface area contributed by atoms with Gasteiger partial charge in [0.25, 0.3) is 0 Å². The first-order valence-electron chi connectivity index (χ1n) is 15.5. The Morgan fingerprint density at radius 1 is 1.02 bits per heavy atom. The van der Waals surface area contributed by atoms with Gasteiger partial charge < -0.3 is 29.4 Å². The van der Waals surface area contributed by atoms with Gasteiger partial charge in [-0.05, 0) is 44.5 Å². The summed E-state index contributed by atoms with van der Waals surface area (Å²) in [6, 6.07) is 8.34. The largest absolute Gasteiger partial charge is 0.494 e. The van der Waals surface area contributed by atoms with Gasteiger partial charge in [-0.25, -0.2) is 0 Å². The van der Waals surface area contributed by atoms with E-state index in [1.807, 2.05) is 30.1 Å². The van der Waals surface area contributed by atoms with Crippen LogP contribution in [0, 0.1) is 0 Å². The average molecular weight is 596 g/mol. The molecule has 1 amide bonds. The molecule has 0 spiro atoms. The summed E-state index contributed by atoms with van der Waals surface area (Å²) in [5.74, 6) is 2.00. The number of likely N-dealkylation sites (tertiary alicyclic amines) is 1. The minimum absolute atomic E-state index is 0.0602. The van der Waals surface area contributed by atoms with Gasteiger partial charge in [-0.3, -0.25) is 19.7 Å². The number of ether oxygens (including phenoxy) is 1. The van der Waals surface area contributed by atoms with Crippen LogP contribution in [0.25, 0.3) is 10.9 Å². The van der Waals surface area contributed by atoms with Crippen LogP contribution in [0.15, 0.2) is 35.5 Å². The molecule has 3 saturated heterocycles. The molecular weight excluding hydrogens is 550 g/mol. The highest BCUT2D eigenvalue weighted by Crippen LogP contribution is 2.36. The van der Waals surface area contributed by atoms with Crippen LogP contribution in [-0.2, 0) is 4.79 Å². The Morgan fingerprint density at radius 2 is 1.83 bits per heavy atom. The summed E-state index contributed by atoms with van der Waals surface area (Å²) in [4.78, 5) is 35.3. The predicted molar refractivity (Wildman–Crippen MR) is 170 cm³/mol. The second-order valence-electron chi connectivity index (χ2n) is 12.0. The van der Waals surface area contributed by atoms with Crippen molar-refractivity contribution in [2.24, 2.45) is 4.99 Å². The summed E-state index contributed by atoms with van der Waals surface area (Å²) >= 11 is 1.82. The maximum Gasteiger partial charge on any atom is 0.224 e. The number of methoxy groups -OCH3 is 1. The molecule has 10 nitrogen and oxygen atoms in total. The highest BCUT2D eigenvalue weighted by Gasteiger charge is 2.37. The molecule has 5 heterocycles. The van der Waals surface area contributed by atoms with Crippen LogP contribution in [0.1, 0.15) is 25.7 Å². The van der Waals surface area contributed by atoms with Gasteiger partial charge in [-0.15, -0.1) is 0 Å². The normalized spacial score (nSPS) is 24.1. The molecule has 0 saturated carbocycles. The van der Waals surface area contributed by atoms with Gasteiger partial charge in [0.05, 0.1) is 24.8 Å². The topological polar surface area (TPSA) is 88.0 Å². The van der Waals surface area contributed by atoms with Crippen molar-refractivity contribution < 1.29 is 14.6 Å². The van der Waals surface area contributed by atoms with Crippen LogP contribution in [-0.4, -0.2) is 144 Å². The number of benzene rings is 1. The first-order chi connectivity index (χ1) is 20.5. The second-order valence-corrected chi connectivity index (χ2v) is 13.0. The Bertz CT molecular complexity index is 1260. The number of aliphatic imine (C=N–C) groups is 1. The molecule has 6 rings (SSSR count). The fraction of sp³-hybridized carbons (Fsp3) is 0.645. The number of aliphatic hydroxyl groups is 1. The molecule has 4 aliphatic rings. The fourth-order valence-corrected chi connectivity index (χ4v) is 7.94. The third-order valence-corrected chi connectivity index (χ3v) is 10.5. The van der Waals surface area contributed by atoms with Crippen LogP contribution in [0.3, 0.4) is 0 Å². The van der Waals surface area contributed by atoms with Gasteiger partial charge in [0, 0.05) is 95.2 Å². The number of rotatable bonds is 6. The number of fused-ring (bicyclic) bond motifs is 1. The standard InChI is InChI=1S/C31H45N7O3S/c1-34-15-17-36(18-16-34)28(40)21-26(25-22-42-31(33-25)38-13-8-24(39)9-14-38)35-11-4-12-37(20-19-35)30-27(41-2)7-6-23-5-3-10-32-29(23)30/h3,5-7,10,24-26,39H,4,8-9,11-22H2,1-2H3. The van der Waals surface area contributed by atoms with Gasteiger partial charge >= 0.3 is 0 Å². The molecule has 11 heteroatoms. The minimum atomic E-state index is -0.200. The lowest BCUT2D eigenvalue weighted by molar-refractivity contribution is -0.134. The number of carbonyl (C=O) groups is 1. The SMILES string of the molecule is COc1ccc2cccnc2c1N1CCCN(C(CC(=O)N2CCN(C)CC2)C2CSC(N3CCC(O)CC3)=N2)CC1. The van der Waals surface area contributed by atoms with E-state index in [2.05, 4.69) is 43.7 Å². The Balaban J connectivity index is 1.22. The van der Waals surface area contributed by atoms with E-state index in [4.69, 9.17) is 14.7 Å². The average Bonchev–Trinajstić information content (AvgIpc) is 3.38. The first kappa shape index (κ1) is 29.5. The summed E-state index contributed by atoms with van der Waals surface area (Å²) in [5, 5.41) is 12.2. The van der Waals surface area contributed by atoms with Crippen LogP contribution in [0.4, 0.5) is 5.69 Å². The van der Waals surface area contributed by atoms with E-state index in [9.17, 15) is 9.90 Å². The van der Waals surface area contributed by atoms with E-state index in [0.29, 0.717) is 6.42 Å². The zero-order valence-electron chi connectivity index (χ0n) is 25.0. The van der Waals surface area contributed by atoms with Crippen molar-refractivity contribution in [3.63, 3.8) is 0 Å². The molecule has 1 aromatic carbocycles. The number of pyridine rings is 1. The molecule has 2 unspecified atom stereocenters. The van der Waals surface area contributed by atoms with Crippen LogP contribution in [0.5, 0.6) is 5.75 Å². The molecule has 1 aromatic heterocycles. The van der Waals surface area contributed by atoms with Gasteiger partial charge in [-0.1, -0.05) is 17.8 Å². The molecule has 0 bridgehead atoms. The quantitative estimate of drug-likeness (QED) is 0.540. The number of anilines is 1. The summed E-state index contributed by atoms with van der Waals surface area (Å²) < 4.78 is 5.82. The molecule has 42 heavy (non-hydrogen) atoms. The number of amides is 1. The van der Waals surface area contributed by atoms with E-state index in [0.717, 1.165) is 118 Å². The third kappa shape index (κ3) is 6.49. The minimum Gasteiger partial charge on any atom is -0.494 e. The molecule has 0 radical (unpaired) electrons. The van der Waals surface area contributed by atoms with Crippen molar-refractivity contribution in [3.8, 4) is 5.75 Å². The molecule has 3 fully saturated rings. The smallest absolute Gasteiger partial charge is 0.224 e. The van der Waals surface area contributed by atoms with Crippen molar-refractivity contribution in [2.45, 2.75) is 43.9 Å². The number of hydrogen-bond donors (Lipinski definition) is 1. The lowest BCUT2D eigenvalue weighted by Crippen LogP contribution is -2.51. The number of likely N-dealkylation sites (N-methyl/N-ethyl adjacent to an activating group) is 1. The lowest BCUT2D eigenvalue weighted by atomic mass is 10.0. The molecule has 1 N–H and O–H groups in total. The third-order valence-electron chi connectivity index (χ3n) is 9.32. The van der Waals surface area contributed by atoms with Crippen molar-refractivity contribution in [2.75, 3.05) is 90.3 Å². The van der Waals surface area contributed by atoms with Crippen molar-refractivity contribution in [3.05, 3.63) is 30.5 Å². The van der Waals surface area contributed by atoms with E-state index >= 15 is 0 Å². The van der Waals surface area contributed by atoms with E-state index in [1.54, 1.807) is 7.11 Å². The summed E-state index contributed by atoms with van der Waals surface area (Å²) in [6.45, 7) is 8.69. The van der Waals surface area contributed by atoms with E-state index in [1.165, 1.54) is 0 Å². The van der Waals surface area contributed by atoms with Gasteiger partial charge in [0.1, 0.15) is 11.4 Å². The molecule has 2 atom stereocenters. The number of piperidine rings is 1. The Morgan fingerprint density at radius 3 is 2.62 bits per heavy atom. The Labute approximate surface area is 253 Å². The number of aliphatic hydroxyl groups excluding tert-OH is 1. The summed E-state index contributed by atoms with van der Waals surface area (Å²) in [5.41, 5.74) is 2.03. The summed E-state index contributed by atoms with van der Waals surface area (Å²) in [7, 11) is 3.85. The predicted octanol–water partition coefficient (Wildman–Crippen LogP) is 2.22. The van der Waals surface area contributed by atoms with Gasteiger partial charge in [0.15, 0.2) is 5.17 Å². The fourth-order valence-electron chi connectivity index (χ4n) is 6.75. The van der Waals surface area contributed by atoms with Crippen LogP contribution >= 0.6 is 11.8 Å².